The Morgan fingerprint density at radius 1 is 1.57 bits per heavy atom. The van der Waals surface area contributed by atoms with Crippen molar-refractivity contribution >= 4 is 44.9 Å². The van der Waals surface area contributed by atoms with E-state index in [2.05, 4.69) is 15.9 Å². The molecule has 0 aromatic heterocycles. The molecule has 0 bridgehead atoms. The van der Waals surface area contributed by atoms with Crippen LogP contribution in [0, 0.1) is 0 Å². The molecule has 0 saturated heterocycles. The molecular formula is C10H9BrCl2O. The first-order chi connectivity index (χ1) is 6.57. The molecule has 0 spiro atoms. The molecule has 1 atom stereocenters. The second kappa shape index (κ2) is 5.15. The summed E-state index contributed by atoms with van der Waals surface area (Å²) in [5.41, 5.74) is 1.30. The zero-order valence-corrected chi connectivity index (χ0v) is 10.7. The van der Waals surface area contributed by atoms with Gasteiger partial charge in [-0.15, -0.1) is 11.6 Å². The van der Waals surface area contributed by atoms with Gasteiger partial charge in [-0.3, -0.25) is 4.79 Å². The van der Waals surface area contributed by atoms with Crippen molar-refractivity contribution in [1.29, 1.82) is 0 Å². The van der Waals surface area contributed by atoms with Gasteiger partial charge in [0.15, 0.2) is 5.78 Å². The fraction of sp³-hybridized carbons (Fsp3) is 0.300. The lowest BCUT2D eigenvalue weighted by Crippen LogP contribution is -2.12. The molecule has 1 nitrogen and oxygen atoms in total. The summed E-state index contributed by atoms with van der Waals surface area (Å²) in [5.74, 6) is 0.257. The zero-order chi connectivity index (χ0) is 10.7. The van der Waals surface area contributed by atoms with Crippen LogP contribution in [0.4, 0.5) is 0 Å². The van der Waals surface area contributed by atoms with Crippen LogP contribution in [-0.4, -0.2) is 10.6 Å². The normalized spacial score (nSPS) is 12.6. The van der Waals surface area contributed by atoms with Gasteiger partial charge >= 0.3 is 0 Å². The third-order valence-electron chi connectivity index (χ3n) is 1.85. The van der Waals surface area contributed by atoms with Crippen LogP contribution < -0.4 is 0 Å². The van der Waals surface area contributed by atoms with Crippen molar-refractivity contribution in [3.63, 3.8) is 0 Å². The van der Waals surface area contributed by atoms with E-state index < -0.39 is 0 Å². The van der Waals surface area contributed by atoms with Crippen molar-refractivity contribution in [1.82, 2.24) is 0 Å². The Hall–Kier alpha value is -0.0500. The number of rotatable bonds is 3. The second-order valence-electron chi connectivity index (χ2n) is 2.89. The third-order valence-corrected chi connectivity index (χ3v) is 2.87. The van der Waals surface area contributed by atoms with Gasteiger partial charge in [0.2, 0.25) is 0 Å². The molecule has 4 heteroatoms. The van der Waals surface area contributed by atoms with Crippen molar-refractivity contribution in [3.05, 3.63) is 34.3 Å². The number of benzene rings is 1. The number of hydrogen-bond donors (Lipinski definition) is 0. The fourth-order valence-electron chi connectivity index (χ4n) is 1.15. The number of carbonyl (C=O) groups excluding carboxylic acids is 1. The van der Waals surface area contributed by atoms with E-state index in [0.29, 0.717) is 16.5 Å². The Morgan fingerprint density at radius 3 is 2.71 bits per heavy atom. The van der Waals surface area contributed by atoms with Crippen LogP contribution in [-0.2, 0) is 5.88 Å². The zero-order valence-electron chi connectivity index (χ0n) is 7.56. The summed E-state index contributed by atoms with van der Waals surface area (Å²) in [6, 6.07) is 5.29. The number of halogens is 3. The Balaban J connectivity index is 3.23. The van der Waals surface area contributed by atoms with Gasteiger partial charge < -0.3 is 0 Å². The van der Waals surface area contributed by atoms with Gasteiger partial charge in [0.25, 0.3) is 0 Å². The van der Waals surface area contributed by atoms with Crippen LogP contribution in [0.25, 0.3) is 0 Å². The quantitative estimate of drug-likeness (QED) is 0.607. The number of Topliss-reactive ketones (excluding diaryl/α,β-unsaturated/α-hetero) is 1. The Morgan fingerprint density at radius 2 is 2.21 bits per heavy atom. The summed E-state index contributed by atoms with van der Waals surface area (Å²) < 4.78 is 0. The molecular weight excluding hydrogens is 287 g/mol. The van der Waals surface area contributed by atoms with Crippen molar-refractivity contribution in [2.75, 3.05) is 0 Å². The van der Waals surface area contributed by atoms with Crippen molar-refractivity contribution in [2.45, 2.75) is 17.6 Å². The SMILES string of the molecule is CC(Br)C(=O)c1c(Cl)cccc1CCl. The summed E-state index contributed by atoms with van der Waals surface area (Å²) in [6.07, 6.45) is 0. The van der Waals surface area contributed by atoms with E-state index in [1.165, 1.54) is 0 Å². The first-order valence-corrected chi connectivity index (χ1v) is 5.92. The Bertz CT molecular complexity index is 350. The highest BCUT2D eigenvalue weighted by Gasteiger charge is 2.18. The summed E-state index contributed by atoms with van der Waals surface area (Å²) in [5, 5.41) is 0.458. The molecule has 0 amide bonds. The molecule has 1 aromatic rings. The summed E-state index contributed by atoms with van der Waals surface area (Å²) in [6.45, 7) is 1.77. The average molecular weight is 296 g/mol. The third kappa shape index (κ3) is 2.50. The van der Waals surface area contributed by atoms with Gasteiger partial charge in [-0.05, 0) is 18.6 Å². The Labute approximate surface area is 102 Å². The lowest BCUT2D eigenvalue weighted by atomic mass is 10.0. The van der Waals surface area contributed by atoms with Gasteiger partial charge in [-0.1, -0.05) is 39.7 Å². The highest BCUT2D eigenvalue weighted by atomic mass is 79.9. The predicted molar refractivity (Wildman–Crippen MR) is 63.7 cm³/mol. The lowest BCUT2D eigenvalue weighted by Gasteiger charge is -2.09. The first-order valence-electron chi connectivity index (χ1n) is 4.09. The van der Waals surface area contributed by atoms with E-state index in [9.17, 15) is 4.79 Å². The van der Waals surface area contributed by atoms with Crippen LogP contribution in [0.15, 0.2) is 18.2 Å². The molecule has 0 radical (unpaired) electrons. The molecule has 0 N–H and O–H groups in total. The average Bonchev–Trinajstić information content (AvgIpc) is 2.16. The lowest BCUT2D eigenvalue weighted by molar-refractivity contribution is 0.0995. The minimum absolute atomic E-state index is 0.0359. The van der Waals surface area contributed by atoms with E-state index in [1.54, 1.807) is 19.1 Å². The van der Waals surface area contributed by atoms with Gasteiger partial charge in [-0.2, -0.15) is 0 Å². The fourth-order valence-corrected chi connectivity index (χ4v) is 1.89. The van der Waals surface area contributed by atoms with E-state index in [4.69, 9.17) is 23.2 Å². The van der Waals surface area contributed by atoms with Crippen molar-refractivity contribution < 1.29 is 4.79 Å². The molecule has 0 saturated carbocycles. The minimum atomic E-state index is -0.246. The van der Waals surface area contributed by atoms with Gasteiger partial charge in [0.1, 0.15) is 0 Å². The highest BCUT2D eigenvalue weighted by molar-refractivity contribution is 9.10. The molecule has 0 heterocycles. The maximum absolute atomic E-state index is 11.8. The molecule has 1 rings (SSSR count). The minimum Gasteiger partial charge on any atom is -0.293 e. The molecule has 0 aliphatic carbocycles. The second-order valence-corrected chi connectivity index (χ2v) is 4.94. The molecule has 14 heavy (non-hydrogen) atoms. The maximum atomic E-state index is 11.8. The molecule has 1 aromatic carbocycles. The van der Waals surface area contributed by atoms with Gasteiger partial charge in [0.05, 0.1) is 9.85 Å². The van der Waals surface area contributed by atoms with Crippen molar-refractivity contribution in [2.24, 2.45) is 0 Å². The predicted octanol–water partition coefficient (Wildman–Crippen LogP) is 4.04. The first kappa shape index (κ1) is 12.0. The van der Waals surface area contributed by atoms with E-state index in [1.807, 2.05) is 6.07 Å². The number of hydrogen-bond acceptors (Lipinski definition) is 1. The van der Waals surface area contributed by atoms with Gasteiger partial charge in [0, 0.05) is 11.4 Å². The van der Waals surface area contributed by atoms with Crippen molar-refractivity contribution in [3.8, 4) is 0 Å². The van der Waals surface area contributed by atoms with Crippen LogP contribution in [0.5, 0.6) is 0 Å². The molecule has 0 aliphatic heterocycles. The van der Waals surface area contributed by atoms with Gasteiger partial charge in [-0.25, -0.2) is 0 Å². The molecule has 76 valence electrons. The molecule has 0 aliphatic rings. The van der Waals surface area contributed by atoms with E-state index in [-0.39, 0.29) is 10.6 Å². The van der Waals surface area contributed by atoms with Crippen LogP contribution in [0.1, 0.15) is 22.8 Å². The van der Waals surface area contributed by atoms with Crippen LogP contribution >= 0.6 is 39.1 Å². The monoisotopic (exact) mass is 294 g/mol. The molecule has 0 fully saturated rings. The summed E-state index contributed by atoms with van der Waals surface area (Å²) >= 11 is 14.9. The Kier molecular flexibility index (Phi) is 4.42. The largest absolute Gasteiger partial charge is 0.293 e. The number of alkyl halides is 2. The summed E-state index contributed by atoms with van der Waals surface area (Å²) in [7, 11) is 0. The summed E-state index contributed by atoms with van der Waals surface area (Å²) in [4.78, 5) is 11.5. The van der Waals surface area contributed by atoms with Crippen LogP contribution in [0.3, 0.4) is 0 Å². The molecule has 1 unspecified atom stereocenters. The number of ketones is 1. The van der Waals surface area contributed by atoms with Crippen LogP contribution in [0.2, 0.25) is 5.02 Å². The topological polar surface area (TPSA) is 17.1 Å². The maximum Gasteiger partial charge on any atom is 0.177 e. The standard InChI is InChI=1S/C10H9BrCl2O/c1-6(11)10(14)9-7(5-12)3-2-4-8(9)13/h2-4,6H,5H2,1H3. The number of carbonyl (C=O) groups is 1. The highest BCUT2D eigenvalue weighted by Crippen LogP contribution is 2.24. The van der Waals surface area contributed by atoms with E-state index in [0.717, 1.165) is 5.56 Å². The van der Waals surface area contributed by atoms with E-state index >= 15 is 0 Å². The smallest absolute Gasteiger partial charge is 0.177 e.